The molecule has 0 saturated heterocycles. The van der Waals surface area contributed by atoms with Crippen molar-refractivity contribution in [3.63, 3.8) is 0 Å². The molecule has 19 heavy (non-hydrogen) atoms. The molecule has 2 atom stereocenters. The van der Waals surface area contributed by atoms with Gasteiger partial charge in [-0.25, -0.2) is 0 Å². The summed E-state index contributed by atoms with van der Waals surface area (Å²) in [5.74, 6) is 1.21. The molecule has 106 valence electrons. The predicted molar refractivity (Wildman–Crippen MR) is 83.9 cm³/mol. The van der Waals surface area contributed by atoms with Crippen molar-refractivity contribution in [2.75, 3.05) is 25.2 Å². The maximum absolute atomic E-state index is 6.01. The number of nitrogens with one attached hydrogen (secondary N) is 1. The van der Waals surface area contributed by atoms with E-state index < -0.39 is 0 Å². The molecule has 1 heterocycles. The fourth-order valence-corrected chi connectivity index (χ4v) is 3.30. The van der Waals surface area contributed by atoms with Gasteiger partial charge in [0.1, 0.15) is 0 Å². The first-order valence-corrected chi connectivity index (χ1v) is 8.66. The van der Waals surface area contributed by atoms with Crippen molar-refractivity contribution in [2.24, 2.45) is 0 Å². The van der Waals surface area contributed by atoms with Gasteiger partial charge in [0.05, 0.1) is 12.7 Å². The summed E-state index contributed by atoms with van der Waals surface area (Å²) in [6, 6.07) is 9.31. The maximum atomic E-state index is 6.01. The Balaban J connectivity index is 2.01. The zero-order valence-electron chi connectivity index (χ0n) is 12.0. The highest BCUT2D eigenvalue weighted by Crippen LogP contribution is 2.31. The van der Waals surface area contributed by atoms with Crippen LogP contribution in [0.15, 0.2) is 24.3 Å². The summed E-state index contributed by atoms with van der Waals surface area (Å²) in [5, 5.41) is 3.60. The molecule has 0 aromatic heterocycles. The summed E-state index contributed by atoms with van der Waals surface area (Å²) in [6.45, 7) is 4.08. The van der Waals surface area contributed by atoms with Crippen LogP contribution >= 0.6 is 11.8 Å². The van der Waals surface area contributed by atoms with E-state index in [1.54, 1.807) is 0 Å². The number of ether oxygens (including phenoxy) is 1. The molecule has 2 unspecified atom stereocenters. The van der Waals surface area contributed by atoms with Gasteiger partial charge in [0.2, 0.25) is 0 Å². The van der Waals surface area contributed by atoms with Crippen molar-refractivity contribution in [1.82, 2.24) is 5.32 Å². The third-order valence-electron chi connectivity index (χ3n) is 3.75. The molecule has 0 bridgehead atoms. The van der Waals surface area contributed by atoms with Crippen LogP contribution in [0.3, 0.4) is 0 Å². The Morgan fingerprint density at radius 2 is 2.26 bits per heavy atom. The molecular weight excluding hydrogens is 254 g/mol. The minimum Gasteiger partial charge on any atom is -0.373 e. The number of benzene rings is 1. The smallest absolute Gasteiger partial charge is 0.0842 e. The third-order valence-corrected chi connectivity index (χ3v) is 4.40. The minimum atomic E-state index is 0.274. The molecule has 0 spiro atoms. The SMILES string of the molecule is CCNC(CCSC)CC1OCCc2ccccc21. The van der Waals surface area contributed by atoms with Crippen molar-refractivity contribution in [1.29, 1.82) is 0 Å². The normalized spacial score (nSPS) is 20.0. The average Bonchev–Trinajstić information content (AvgIpc) is 2.45. The van der Waals surface area contributed by atoms with Gasteiger partial charge in [-0.2, -0.15) is 11.8 Å². The topological polar surface area (TPSA) is 21.3 Å². The van der Waals surface area contributed by atoms with Crippen molar-refractivity contribution in [3.05, 3.63) is 35.4 Å². The first-order valence-electron chi connectivity index (χ1n) is 7.26. The van der Waals surface area contributed by atoms with Crippen LogP contribution in [-0.2, 0) is 11.2 Å². The lowest BCUT2D eigenvalue weighted by Crippen LogP contribution is -2.33. The molecule has 1 aliphatic heterocycles. The van der Waals surface area contributed by atoms with E-state index in [1.165, 1.54) is 23.3 Å². The van der Waals surface area contributed by atoms with Crippen LogP contribution in [0.2, 0.25) is 0 Å². The van der Waals surface area contributed by atoms with Gasteiger partial charge in [-0.15, -0.1) is 0 Å². The van der Waals surface area contributed by atoms with Gasteiger partial charge in [-0.1, -0.05) is 31.2 Å². The van der Waals surface area contributed by atoms with Gasteiger partial charge < -0.3 is 10.1 Å². The van der Waals surface area contributed by atoms with E-state index in [2.05, 4.69) is 42.8 Å². The quantitative estimate of drug-likeness (QED) is 0.826. The first-order chi connectivity index (χ1) is 9.35. The molecule has 2 nitrogen and oxygen atoms in total. The van der Waals surface area contributed by atoms with Gasteiger partial charge in [-0.05, 0) is 48.9 Å². The van der Waals surface area contributed by atoms with Crippen molar-refractivity contribution >= 4 is 11.8 Å². The second-order valence-corrected chi connectivity index (χ2v) is 6.07. The van der Waals surface area contributed by atoms with E-state index in [-0.39, 0.29) is 6.10 Å². The standard InChI is InChI=1S/C16H25NOS/c1-3-17-14(9-11-19-2)12-16-15-7-5-4-6-13(15)8-10-18-16/h4-7,14,16-17H,3,8-12H2,1-2H3. The Morgan fingerprint density at radius 1 is 1.42 bits per heavy atom. The number of rotatable bonds is 7. The Hall–Kier alpha value is -0.510. The van der Waals surface area contributed by atoms with Crippen molar-refractivity contribution < 1.29 is 4.74 Å². The lowest BCUT2D eigenvalue weighted by Gasteiger charge is -2.29. The maximum Gasteiger partial charge on any atom is 0.0842 e. The number of hydrogen-bond donors (Lipinski definition) is 1. The second-order valence-electron chi connectivity index (χ2n) is 5.08. The molecule has 0 fully saturated rings. The Labute approximate surface area is 121 Å². The summed E-state index contributed by atoms with van der Waals surface area (Å²) in [5.41, 5.74) is 2.87. The summed E-state index contributed by atoms with van der Waals surface area (Å²) >= 11 is 1.92. The number of thioether (sulfide) groups is 1. The lowest BCUT2D eigenvalue weighted by molar-refractivity contribution is 0.0294. The van der Waals surface area contributed by atoms with Crippen LogP contribution < -0.4 is 5.32 Å². The van der Waals surface area contributed by atoms with Crippen LogP contribution in [0.1, 0.15) is 37.0 Å². The van der Waals surface area contributed by atoms with Crippen LogP contribution in [0.5, 0.6) is 0 Å². The zero-order valence-corrected chi connectivity index (χ0v) is 12.8. The highest BCUT2D eigenvalue weighted by atomic mass is 32.2. The summed E-state index contributed by atoms with van der Waals surface area (Å²) in [6.07, 6.45) is 5.82. The molecular formula is C16H25NOS. The third kappa shape index (κ3) is 4.23. The largest absolute Gasteiger partial charge is 0.373 e. The van der Waals surface area contributed by atoms with E-state index in [0.29, 0.717) is 6.04 Å². The summed E-state index contributed by atoms with van der Waals surface area (Å²) in [7, 11) is 0. The molecule has 0 amide bonds. The Morgan fingerprint density at radius 3 is 3.05 bits per heavy atom. The molecule has 1 aliphatic rings. The van der Waals surface area contributed by atoms with Crippen LogP contribution in [0.4, 0.5) is 0 Å². The van der Waals surface area contributed by atoms with E-state index in [9.17, 15) is 0 Å². The van der Waals surface area contributed by atoms with E-state index in [1.807, 2.05) is 11.8 Å². The Kier molecular flexibility index (Phi) is 6.21. The summed E-state index contributed by atoms with van der Waals surface area (Å²) < 4.78 is 6.01. The molecule has 2 rings (SSSR count). The highest BCUT2D eigenvalue weighted by Gasteiger charge is 2.23. The predicted octanol–water partition coefficient (Wildman–Crippen LogP) is 3.42. The zero-order chi connectivity index (χ0) is 13.5. The van der Waals surface area contributed by atoms with Crippen molar-refractivity contribution in [3.8, 4) is 0 Å². The van der Waals surface area contributed by atoms with Crippen molar-refractivity contribution in [2.45, 2.75) is 38.3 Å². The lowest BCUT2D eigenvalue weighted by atomic mass is 9.93. The molecule has 0 aliphatic carbocycles. The van der Waals surface area contributed by atoms with E-state index in [0.717, 1.165) is 26.0 Å². The van der Waals surface area contributed by atoms with Crippen LogP contribution in [0.25, 0.3) is 0 Å². The second kappa shape index (κ2) is 7.93. The Bertz CT molecular complexity index is 383. The molecule has 0 radical (unpaired) electrons. The van der Waals surface area contributed by atoms with E-state index in [4.69, 9.17) is 4.74 Å². The fraction of sp³-hybridized carbons (Fsp3) is 0.625. The molecule has 1 N–H and O–H groups in total. The van der Waals surface area contributed by atoms with Gasteiger partial charge in [-0.3, -0.25) is 0 Å². The van der Waals surface area contributed by atoms with Gasteiger partial charge in [0.25, 0.3) is 0 Å². The first kappa shape index (κ1) is 14.9. The van der Waals surface area contributed by atoms with Crippen LogP contribution in [-0.4, -0.2) is 31.2 Å². The van der Waals surface area contributed by atoms with Gasteiger partial charge in [0, 0.05) is 6.04 Å². The van der Waals surface area contributed by atoms with Gasteiger partial charge >= 0.3 is 0 Å². The number of fused-ring (bicyclic) bond motifs is 1. The van der Waals surface area contributed by atoms with E-state index >= 15 is 0 Å². The van der Waals surface area contributed by atoms with Crippen LogP contribution in [0, 0.1) is 0 Å². The molecule has 1 aromatic carbocycles. The average molecular weight is 279 g/mol. The molecule has 0 saturated carbocycles. The summed E-state index contributed by atoms with van der Waals surface area (Å²) in [4.78, 5) is 0. The minimum absolute atomic E-state index is 0.274. The monoisotopic (exact) mass is 279 g/mol. The highest BCUT2D eigenvalue weighted by molar-refractivity contribution is 7.98. The molecule has 3 heteroatoms. The number of hydrogen-bond acceptors (Lipinski definition) is 3. The fourth-order valence-electron chi connectivity index (χ4n) is 2.78. The van der Waals surface area contributed by atoms with Gasteiger partial charge in [0.15, 0.2) is 0 Å². The molecule has 1 aromatic rings.